The zero-order valence-corrected chi connectivity index (χ0v) is 16.4. The molecule has 0 saturated heterocycles. The van der Waals surface area contributed by atoms with Crippen LogP contribution < -0.4 is 14.2 Å². The first-order valence-corrected chi connectivity index (χ1v) is 8.96. The number of nitrogens with zero attached hydrogens (tertiary/aromatic N) is 1. The molecule has 0 aromatic heterocycles. The molecule has 28 heavy (non-hydrogen) atoms. The first-order valence-electron chi connectivity index (χ1n) is 8.96. The van der Waals surface area contributed by atoms with Crippen LogP contribution >= 0.6 is 0 Å². The van der Waals surface area contributed by atoms with E-state index in [1.807, 2.05) is 11.9 Å². The lowest BCUT2D eigenvalue weighted by molar-refractivity contribution is 0.0710. The van der Waals surface area contributed by atoms with Crippen molar-refractivity contribution in [2.45, 2.75) is 13.0 Å². The minimum absolute atomic E-state index is 0.0638. The summed E-state index contributed by atoms with van der Waals surface area (Å²) in [6.45, 7) is 2.71. The number of rotatable bonds is 11. The quantitative estimate of drug-likeness (QED) is 0.594. The van der Waals surface area contributed by atoms with Crippen LogP contribution in [0.5, 0.6) is 17.2 Å². The van der Waals surface area contributed by atoms with E-state index in [1.54, 1.807) is 36.4 Å². The number of aliphatic hydroxyl groups excluding tert-OH is 1. The maximum Gasteiger partial charge on any atom is 0.165 e. The van der Waals surface area contributed by atoms with Crippen molar-refractivity contribution in [2.24, 2.45) is 0 Å². The molecule has 0 aliphatic carbocycles. The molecule has 2 aromatic carbocycles. The maximum atomic E-state index is 13.5. The van der Waals surface area contributed by atoms with Gasteiger partial charge in [0.15, 0.2) is 28.8 Å². The lowest BCUT2D eigenvalue weighted by Gasteiger charge is -2.21. The molecule has 0 bridgehead atoms. The second-order valence-electron chi connectivity index (χ2n) is 6.43. The van der Waals surface area contributed by atoms with E-state index >= 15 is 0 Å². The molecule has 2 aromatic rings. The molecule has 1 N–H and O–H groups in total. The van der Waals surface area contributed by atoms with Gasteiger partial charge in [-0.05, 0) is 44.3 Å². The number of hydrogen-bond acceptors (Lipinski definition) is 6. The summed E-state index contributed by atoms with van der Waals surface area (Å²) in [5, 5.41) is 10.2. The van der Waals surface area contributed by atoms with E-state index in [0.717, 1.165) is 0 Å². The summed E-state index contributed by atoms with van der Waals surface area (Å²) in [4.78, 5) is 13.3. The molecular weight excluding hydrogens is 365 g/mol. The van der Waals surface area contributed by atoms with Crippen molar-refractivity contribution in [3.8, 4) is 17.2 Å². The van der Waals surface area contributed by atoms with E-state index in [4.69, 9.17) is 14.2 Å². The third-order valence-electron chi connectivity index (χ3n) is 4.09. The fraction of sp³-hybridized carbons (Fsp3) is 0.381. The smallest absolute Gasteiger partial charge is 0.165 e. The number of aliphatic hydroxyl groups is 1. The number of carbonyl (C=O) groups is 1. The first kappa shape index (κ1) is 21.7. The van der Waals surface area contributed by atoms with Gasteiger partial charge in [0.05, 0.1) is 7.11 Å². The standard InChI is InChI=1S/C21H26FNO5/c1-15(24)16-8-9-20(21(12-16)26-3)28-14-17(25)13-23(2)10-11-27-19-7-5-4-6-18(19)22/h4-9,12,17,25H,10-11,13-14H2,1-3H3. The van der Waals surface area contributed by atoms with Crippen LogP contribution in [-0.4, -0.2) is 62.4 Å². The Hall–Kier alpha value is -2.64. The summed E-state index contributed by atoms with van der Waals surface area (Å²) in [6.07, 6.45) is -0.740. The van der Waals surface area contributed by atoms with Crippen molar-refractivity contribution in [1.29, 1.82) is 0 Å². The molecule has 152 valence electrons. The summed E-state index contributed by atoms with van der Waals surface area (Å²) in [5.41, 5.74) is 0.527. The van der Waals surface area contributed by atoms with Gasteiger partial charge in [0, 0.05) is 18.7 Å². The predicted molar refractivity (Wildman–Crippen MR) is 104 cm³/mol. The molecule has 2 rings (SSSR count). The van der Waals surface area contributed by atoms with Crippen LogP contribution in [0.3, 0.4) is 0 Å². The number of hydrogen-bond donors (Lipinski definition) is 1. The van der Waals surface area contributed by atoms with Gasteiger partial charge in [-0.25, -0.2) is 4.39 Å². The largest absolute Gasteiger partial charge is 0.493 e. The lowest BCUT2D eigenvalue weighted by Crippen LogP contribution is -2.35. The summed E-state index contributed by atoms with van der Waals surface area (Å²) >= 11 is 0. The Kier molecular flexibility index (Phi) is 8.22. The fourth-order valence-corrected chi connectivity index (χ4v) is 2.57. The fourth-order valence-electron chi connectivity index (χ4n) is 2.57. The Labute approximate surface area is 164 Å². The topological polar surface area (TPSA) is 68.2 Å². The van der Waals surface area contributed by atoms with Gasteiger partial charge in [-0.2, -0.15) is 0 Å². The molecular formula is C21H26FNO5. The van der Waals surface area contributed by atoms with Crippen LogP contribution in [0, 0.1) is 5.82 Å². The van der Waals surface area contributed by atoms with Gasteiger partial charge in [0.1, 0.15) is 19.3 Å². The average molecular weight is 391 g/mol. The van der Waals surface area contributed by atoms with Crippen LogP contribution in [0.1, 0.15) is 17.3 Å². The van der Waals surface area contributed by atoms with Gasteiger partial charge in [0.25, 0.3) is 0 Å². The second kappa shape index (κ2) is 10.6. The van der Waals surface area contributed by atoms with E-state index in [9.17, 15) is 14.3 Å². The molecule has 7 heteroatoms. The molecule has 6 nitrogen and oxygen atoms in total. The van der Waals surface area contributed by atoms with Crippen molar-refractivity contribution in [3.05, 3.63) is 53.8 Å². The molecule has 0 spiro atoms. The zero-order chi connectivity index (χ0) is 20.5. The van der Waals surface area contributed by atoms with E-state index < -0.39 is 11.9 Å². The Morgan fingerprint density at radius 1 is 1.14 bits per heavy atom. The number of halogens is 1. The van der Waals surface area contributed by atoms with Crippen molar-refractivity contribution in [3.63, 3.8) is 0 Å². The lowest BCUT2D eigenvalue weighted by atomic mass is 10.1. The van der Waals surface area contributed by atoms with Gasteiger partial charge in [-0.3, -0.25) is 4.79 Å². The molecule has 0 aliphatic rings. The summed E-state index contributed by atoms with van der Waals surface area (Å²) in [6, 6.07) is 11.1. The van der Waals surface area contributed by atoms with E-state index in [1.165, 1.54) is 20.1 Å². The molecule has 1 unspecified atom stereocenters. The van der Waals surface area contributed by atoms with Gasteiger partial charge >= 0.3 is 0 Å². The van der Waals surface area contributed by atoms with E-state index in [2.05, 4.69) is 0 Å². The first-order chi connectivity index (χ1) is 13.4. The van der Waals surface area contributed by atoms with Gasteiger partial charge in [-0.1, -0.05) is 12.1 Å². The Balaban J connectivity index is 1.76. The highest BCUT2D eigenvalue weighted by Gasteiger charge is 2.13. The highest BCUT2D eigenvalue weighted by molar-refractivity contribution is 5.94. The maximum absolute atomic E-state index is 13.5. The Bertz CT molecular complexity index is 783. The number of benzene rings is 2. The number of Topliss-reactive ketones (excluding diaryl/α,β-unsaturated/α-hetero) is 1. The minimum atomic E-state index is -0.740. The minimum Gasteiger partial charge on any atom is -0.493 e. The number of carbonyl (C=O) groups excluding carboxylic acids is 1. The molecule has 0 heterocycles. The molecule has 0 saturated carbocycles. The molecule has 0 radical (unpaired) electrons. The number of ether oxygens (including phenoxy) is 3. The number of ketones is 1. The van der Waals surface area contributed by atoms with Crippen LogP contribution in [0.15, 0.2) is 42.5 Å². The van der Waals surface area contributed by atoms with Crippen LogP contribution in [0.25, 0.3) is 0 Å². The Morgan fingerprint density at radius 3 is 2.57 bits per heavy atom. The van der Waals surface area contributed by atoms with Crippen LogP contribution in [0.4, 0.5) is 4.39 Å². The van der Waals surface area contributed by atoms with Gasteiger partial charge in [-0.15, -0.1) is 0 Å². The van der Waals surface area contributed by atoms with Gasteiger partial charge in [0.2, 0.25) is 0 Å². The predicted octanol–water partition coefficient (Wildman–Crippen LogP) is 2.79. The number of likely N-dealkylation sites (N-methyl/N-ethyl adjacent to an activating group) is 1. The molecule has 0 aliphatic heterocycles. The van der Waals surface area contributed by atoms with Crippen molar-refractivity contribution >= 4 is 5.78 Å². The second-order valence-corrected chi connectivity index (χ2v) is 6.43. The third-order valence-corrected chi connectivity index (χ3v) is 4.09. The van der Waals surface area contributed by atoms with E-state index in [-0.39, 0.29) is 18.1 Å². The van der Waals surface area contributed by atoms with Gasteiger partial charge < -0.3 is 24.2 Å². The molecule has 0 amide bonds. The van der Waals surface area contributed by atoms with Crippen molar-refractivity contribution < 1.29 is 28.5 Å². The third kappa shape index (κ3) is 6.51. The highest BCUT2D eigenvalue weighted by Crippen LogP contribution is 2.28. The molecule has 1 atom stereocenters. The van der Waals surface area contributed by atoms with Crippen LogP contribution in [-0.2, 0) is 0 Å². The number of methoxy groups -OCH3 is 1. The monoisotopic (exact) mass is 391 g/mol. The van der Waals surface area contributed by atoms with Crippen molar-refractivity contribution in [1.82, 2.24) is 4.90 Å². The molecule has 0 fully saturated rings. The summed E-state index contributed by atoms with van der Waals surface area (Å²) in [5.74, 6) is 0.636. The summed E-state index contributed by atoms with van der Waals surface area (Å²) in [7, 11) is 3.32. The van der Waals surface area contributed by atoms with Crippen molar-refractivity contribution in [2.75, 3.05) is 40.5 Å². The summed E-state index contributed by atoms with van der Waals surface area (Å²) < 4.78 is 29.8. The number of para-hydroxylation sites is 1. The van der Waals surface area contributed by atoms with Crippen LogP contribution in [0.2, 0.25) is 0 Å². The highest BCUT2D eigenvalue weighted by atomic mass is 19.1. The normalized spacial score (nSPS) is 11.9. The van der Waals surface area contributed by atoms with E-state index in [0.29, 0.717) is 36.8 Å². The average Bonchev–Trinajstić information content (AvgIpc) is 2.67. The SMILES string of the molecule is COc1cc(C(C)=O)ccc1OCC(O)CN(C)CCOc1ccccc1F. The zero-order valence-electron chi connectivity index (χ0n) is 16.4. The Morgan fingerprint density at radius 2 is 1.89 bits per heavy atom.